The van der Waals surface area contributed by atoms with Gasteiger partial charge in [-0.1, -0.05) is 161 Å². The van der Waals surface area contributed by atoms with E-state index < -0.39 is 0 Å². The van der Waals surface area contributed by atoms with Gasteiger partial charge in [0.15, 0.2) is 0 Å². The largest absolute Gasteiger partial charge is 0.0623 e. The minimum atomic E-state index is 0.484. The second-order valence-corrected chi connectivity index (χ2v) is 15.5. The van der Waals surface area contributed by atoms with Crippen molar-refractivity contribution >= 4 is 0 Å². The summed E-state index contributed by atoms with van der Waals surface area (Å²) in [5, 5.41) is 0. The predicted octanol–water partition coefficient (Wildman–Crippen LogP) is 11.3. The molecule has 0 atom stereocenters. The van der Waals surface area contributed by atoms with Gasteiger partial charge in [0.25, 0.3) is 0 Å². The Morgan fingerprint density at radius 3 is 0.433 bits per heavy atom. The van der Waals surface area contributed by atoms with Gasteiger partial charge in [0.05, 0.1) is 0 Å². The van der Waals surface area contributed by atoms with E-state index in [0.717, 1.165) is 0 Å². The molecular weight excluding hydrogens is 360 g/mol. The first-order chi connectivity index (χ1) is 12.7. The average Bonchev–Trinajstić information content (AvgIpc) is 2.30. The molecule has 0 aliphatic rings. The monoisotopic (exact) mass is 422 g/mol. The van der Waals surface area contributed by atoms with Crippen LogP contribution in [0.3, 0.4) is 0 Å². The lowest BCUT2D eigenvalue weighted by molar-refractivity contribution is 0.233. The molecule has 0 fully saturated rings. The third-order valence-electron chi connectivity index (χ3n) is 1.73. The smallest absolute Gasteiger partial charge is 0.0378 e. The Labute approximate surface area is 194 Å². The quantitative estimate of drug-likeness (QED) is 0.390. The highest BCUT2D eigenvalue weighted by molar-refractivity contribution is 4.99. The summed E-state index contributed by atoms with van der Waals surface area (Å²) in [7, 11) is 0. The first-order valence-electron chi connectivity index (χ1n) is 11.7. The van der Waals surface area contributed by atoms with Crippen molar-refractivity contribution < 1.29 is 0 Å². The van der Waals surface area contributed by atoms with E-state index in [0.29, 0.717) is 27.1 Å². The average molecular weight is 423 g/mol. The van der Waals surface area contributed by atoms with Crippen LogP contribution in [0.15, 0.2) is 36.4 Å². The molecule has 0 heteroatoms. The molecule has 0 aliphatic heterocycles. The fourth-order valence-electron chi connectivity index (χ4n) is 1.98. The first-order valence-corrected chi connectivity index (χ1v) is 11.7. The SMILES string of the molecule is CC(C)(C)C.CC(C)(C)C.CC(C)(C)C.CC(C)(C)CC(C)(C)C.c1ccccc1. The van der Waals surface area contributed by atoms with E-state index in [2.05, 4.69) is 125 Å². The minimum Gasteiger partial charge on any atom is -0.0623 e. The standard InChI is InChI=1S/C9H20.C6H6.3C5H12/c1-8(2,3)7-9(4,5)6;1-2-4-6-5-3-1;3*1-5(2,3)4/h7H2,1-6H3;1-6H;3*1-4H3. The van der Waals surface area contributed by atoms with Crippen LogP contribution in [-0.2, 0) is 0 Å². The van der Waals surface area contributed by atoms with Gasteiger partial charge in [-0.2, -0.15) is 0 Å². The van der Waals surface area contributed by atoms with E-state index >= 15 is 0 Å². The highest BCUT2D eigenvalue weighted by Gasteiger charge is 2.20. The number of rotatable bonds is 0. The van der Waals surface area contributed by atoms with Crippen molar-refractivity contribution in [2.75, 3.05) is 0 Å². The fourth-order valence-corrected chi connectivity index (χ4v) is 1.98. The van der Waals surface area contributed by atoms with Crippen LogP contribution in [0.2, 0.25) is 0 Å². The van der Waals surface area contributed by atoms with Gasteiger partial charge >= 0.3 is 0 Å². The third-order valence-corrected chi connectivity index (χ3v) is 1.73. The van der Waals surface area contributed by atoms with Gasteiger partial charge in [-0.3, -0.25) is 0 Å². The van der Waals surface area contributed by atoms with Gasteiger partial charge in [0, 0.05) is 0 Å². The molecule has 182 valence electrons. The number of hydrogen-bond donors (Lipinski definition) is 0. The van der Waals surface area contributed by atoms with Crippen LogP contribution >= 0.6 is 0 Å². The van der Waals surface area contributed by atoms with Crippen molar-refractivity contribution in [1.29, 1.82) is 0 Å². The summed E-state index contributed by atoms with van der Waals surface area (Å²) in [6.07, 6.45) is 1.29. The molecule has 1 rings (SSSR count). The van der Waals surface area contributed by atoms with Crippen molar-refractivity contribution in [3.63, 3.8) is 0 Å². The molecule has 30 heavy (non-hydrogen) atoms. The van der Waals surface area contributed by atoms with E-state index in [1.165, 1.54) is 6.42 Å². The lowest BCUT2D eigenvalue weighted by Gasteiger charge is -2.28. The zero-order chi connectivity index (χ0) is 25.4. The van der Waals surface area contributed by atoms with E-state index in [1.807, 2.05) is 36.4 Å². The molecule has 0 unspecified atom stereocenters. The molecule has 1 aromatic carbocycles. The van der Waals surface area contributed by atoms with Crippen LogP contribution in [-0.4, -0.2) is 0 Å². The maximum Gasteiger partial charge on any atom is -0.0378 e. The van der Waals surface area contributed by atoms with Crippen molar-refractivity contribution in [1.82, 2.24) is 0 Å². The lowest BCUT2D eigenvalue weighted by Crippen LogP contribution is -2.16. The summed E-state index contributed by atoms with van der Waals surface area (Å²) in [6.45, 7) is 40.0. The Kier molecular flexibility index (Phi) is 19.4. The Morgan fingerprint density at radius 2 is 0.400 bits per heavy atom. The van der Waals surface area contributed by atoms with Gasteiger partial charge in [-0.15, -0.1) is 0 Å². The third kappa shape index (κ3) is 149. The molecule has 0 bridgehead atoms. The summed E-state index contributed by atoms with van der Waals surface area (Å²) in [6, 6.07) is 12.0. The topological polar surface area (TPSA) is 0 Å². The lowest BCUT2D eigenvalue weighted by atomic mass is 9.78. The number of benzene rings is 1. The highest BCUT2D eigenvalue weighted by Crippen LogP contribution is 2.31. The Hall–Kier alpha value is -0.780. The molecule has 0 spiro atoms. The van der Waals surface area contributed by atoms with E-state index in [1.54, 1.807) is 0 Å². The van der Waals surface area contributed by atoms with Crippen molar-refractivity contribution in [3.05, 3.63) is 36.4 Å². The van der Waals surface area contributed by atoms with Gasteiger partial charge in [0.2, 0.25) is 0 Å². The van der Waals surface area contributed by atoms with Gasteiger partial charge < -0.3 is 0 Å². The molecular formula is C30H62. The molecule has 1 aromatic rings. The highest BCUT2D eigenvalue weighted by atomic mass is 14.3. The van der Waals surface area contributed by atoms with Gasteiger partial charge in [0.1, 0.15) is 0 Å². The molecule has 0 saturated heterocycles. The Balaban J connectivity index is -0.000000144. The minimum absolute atomic E-state index is 0.484. The van der Waals surface area contributed by atoms with Crippen LogP contribution in [0.5, 0.6) is 0 Å². The Bertz CT molecular complexity index is 359. The maximum absolute atomic E-state index is 2.29. The maximum atomic E-state index is 2.29. The predicted molar refractivity (Wildman–Crippen MR) is 145 cm³/mol. The molecule has 0 aromatic heterocycles. The molecule has 0 saturated carbocycles. The molecule has 0 amide bonds. The summed E-state index contributed by atoms with van der Waals surface area (Å²) >= 11 is 0. The van der Waals surface area contributed by atoms with Crippen molar-refractivity contribution in [2.24, 2.45) is 27.1 Å². The molecule has 0 heterocycles. The zero-order valence-corrected chi connectivity index (χ0v) is 24.7. The van der Waals surface area contributed by atoms with Crippen LogP contribution in [0.25, 0.3) is 0 Å². The Morgan fingerprint density at radius 1 is 0.300 bits per heavy atom. The second-order valence-electron chi connectivity index (χ2n) is 15.5. The number of hydrogen-bond acceptors (Lipinski definition) is 0. The fraction of sp³-hybridized carbons (Fsp3) is 0.800. The first kappa shape index (κ1) is 36.6. The van der Waals surface area contributed by atoms with E-state index in [9.17, 15) is 0 Å². The van der Waals surface area contributed by atoms with E-state index in [-0.39, 0.29) is 0 Å². The molecule has 0 N–H and O–H groups in total. The van der Waals surface area contributed by atoms with Crippen molar-refractivity contribution in [2.45, 2.75) is 131 Å². The van der Waals surface area contributed by atoms with Crippen LogP contribution in [0.1, 0.15) is 131 Å². The van der Waals surface area contributed by atoms with Crippen LogP contribution in [0, 0.1) is 27.1 Å². The summed E-state index contributed by atoms with van der Waals surface area (Å²) < 4.78 is 0. The summed E-state index contributed by atoms with van der Waals surface area (Å²) in [4.78, 5) is 0. The molecule has 0 nitrogen and oxygen atoms in total. The van der Waals surface area contributed by atoms with Crippen LogP contribution in [0.4, 0.5) is 0 Å². The van der Waals surface area contributed by atoms with Crippen LogP contribution < -0.4 is 0 Å². The van der Waals surface area contributed by atoms with Gasteiger partial charge in [-0.05, 0) is 33.5 Å². The molecule has 0 aliphatic carbocycles. The zero-order valence-electron chi connectivity index (χ0n) is 24.7. The van der Waals surface area contributed by atoms with Crippen molar-refractivity contribution in [3.8, 4) is 0 Å². The molecule has 0 radical (unpaired) electrons. The second kappa shape index (κ2) is 15.9. The van der Waals surface area contributed by atoms with E-state index in [4.69, 9.17) is 0 Å². The van der Waals surface area contributed by atoms with Gasteiger partial charge in [-0.25, -0.2) is 0 Å². The summed E-state index contributed by atoms with van der Waals surface area (Å²) in [5.74, 6) is 0. The summed E-state index contributed by atoms with van der Waals surface area (Å²) in [5.41, 5.74) is 2.47. The normalized spacial score (nSPS) is 11.8.